The molecule has 0 unspecified atom stereocenters. The number of rotatable bonds is 4. The molecule has 0 N–H and O–H groups in total. The number of aromatic nitrogens is 2. The van der Waals surface area contributed by atoms with E-state index in [0.717, 1.165) is 15.3 Å². The Morgan fingerprint density at radius 3 is 2.83 bits per heavy atom. The van der Waals surface area contributed by atoms with E-state index in [9.17, 15) is 14.0 Å². The van der Waals surface area contributed by atoms with Crippen molar-refractivity contribution in [3.63, 3.8) is 0 Å². The van der Waals surface area contributed by atoms with Crippen LogP contribution in [0.25, 0.3) is 15.3 Å². The van der Waals surface area contributed by atoms with Gasteiger partial charge in [-0.3, -0.25) is 9.20 Å². The second kappa shape index (κ2) is 5.81. The average Bonchev–Trinajstić information content (AvgIpc) is 3.24. The van der Waals surface area contributed by atoms with Crippen LogP contribution in [0.3, 0.4) is 0 Å². The Bertz CT molecular complexity index is 1060. The van der Waals surface area contributed by atoms with Crippen molar-refractivity contribution in [2.75, 3.05) is 6.61 Å². The van der Waals surface area contributed by atoms with Gasteiger partial charge >= 0.3 is 5.97 Å². The summed E-state index contributed by atoms with van der Waals surface area (Å²) < 4.78 is 19.8. The summed E-state index contributed by atoms with van der Waals surface area (Å²) in [5.74, 6) is -1.38. The fourth-order valence-corrected chi connectivity index (χ4v) is 3.96. The zero-order valence-corrected chi connectivity index (χ0v) is 13.7. The first-order chi connectivity index (χ1) is 11.6. The van der Waals surface area contributed by atoms with Gasteiger partial charge in [-0.25, -0.2) is 14.2 Å². The predicted molar refractivity (Wildman–Crippen MR) is 89.5 cm³/mol. The lowest BCUT2D eigenvalue weighted by Crippen LogP contribution is -2.13. The lowest BCUT2D eigenvalue weighted by Gasteiger charge is -2.02. The smallest absolute Gasteiger partial charge is 0.348 e. The van der Waals surface area contributed by atoms with Gasteiger partial charge in [0.2, 0.25) is 0 Å². The van der Waals surface area contributed by atoms with Crippen molar-refractivity contribution < 1.29 is 18.7 Å². The van der Waals surface area contributed by atoms with E-state index in [2.05, 4.69) is 4.98 Å². The molecule has 0 saturated heterocycles. The highest BCUT2D eigenvalue weighted by Gasteiger charge is 2.17. The molecule has 0 amide bonds. The monoisotopic (exact) mass is 360 g/mol. The number of ketones is 1. The number of halogens is 1. The van der Waals surface area contributed by atoms with E-state index in [1.807, 2.05) is 16.0 Å². The number of hydrogen-bond acceptors (Lipinski definition) is 6. The number of thiophene rings is 1. The number of benzene rings is 1. The van der Waals surface area contributed by atoms with E-state index in [0.29, 0.717) is 10.4 Å². The molecule has 120 valence electrons. The van der Waals surface area contributed by atoms with Gasteiger partial charge in [0.1, 0.15) is 15.5 Å². The standard InChI is InChI=1S/C16H9FN2O3S2/c17-10-3-1-9(2-4-10)12(20)8-22-15(21)13-7-11-14(24-13)18-16-19(11)5-6-23-16/h1-7H,8H2. The second-order valence-corrected chi connectivity index (χ2v) is 6.88. The first-order valence-electron chi connectivity index (χ1n) is 6.93. The molecule has 0 radical (unpaired) electrons. The van der Waals surface area contributed by atoms with Gasteiger partial charge in [-0.05, 0) is 30.3 Å². The summed E-state index contributed by atoms with van der Waals surface area (Å²) in [5, 5.41) is 1.92. The molecule has 3 aromatic heterocycles. The molecule has 0 fully saturated rings. The Hall–Kier alpha value is -2.58. The van der Waals surface area contributed by atoms with E-state index in [4.69, 9.17) is 4.74 Å². The first kappa shape index (κ1) is 15.0. The molecule has 3 heterocycles. The maximum Gasteiger partial charge on any atom is 0.348 e. The normalized spacial score (nSPS) is 11.2. The number of ether oxygens (including phenoxy) is 1. The maximum absolute atomic E-state index is 12.8. The molecule has 0 aliphatic rings. The van der Waals surface area contributed by atoms with Crippen LogP contribution in [-0.2, 0) is 4.74 Å². The largest absolute Gasteiger partial charge is 0.453 e. The summed E-state index contributed by atoms with van der Waals surface area (Å²) in [7, 11) is 0. The number of Topliss-reactive ketones (excluding diaryl/α,β-unsaturated/α-hetero) is 1. The minimum Gasteiger partial charge on any atom is -0.453 e. The van der Waals surface area contributed by atoms with Crippen LogP contribution < -0.4 is 0 Å². The summed E-state index contributed by atoms with van der Waals surface area (Å²) in [4.78, 5) is 30.5. The van der Waals surface area contributed by atoms with E-state index >= 15 is 0 Å². The number of carbonyl (C=O) groups excluding carboxylic acids is 2. The number of imidazole rings is 1. The van der Waals surface area contributed by atoms with Crippen LogP contribution in [0.5, 0.6) is 0 Å². The third kappa shape index (κ3) is 2.59. The SMILES string of the molecule is O=C(COC(=O)c1cc2c(nc3sccn32)s1)c1ccc(F)cc1. The fourth-order valence-electron chi connectivity index (χ4n) is 2.27. The van der Waals surface area contributed by atoms with Gasteiger partial charge in [0.05, 0.1) is 5.52 Å². The molecule has 0 aliphatic carbocycles. The van der Waals surface area contributed by atoms with Crippen molar-refractivity contribution >= 4 is 49.7 Å². The molecule has 0 atom stereocenters. The molecular formula is C16H9FN2O3S2. The molecule has 1 aromatic carbocycles. The van der Waals surface area contributed by atoms with Crippen LogP contribution in [0, 0.1) is 5.82 Å². The fraction of sp³-hybridized carbons (Fsp3) is 0.0625. The summed E-state index contributed by atoms with van der Waals surface area (Å²) in [6.45, 7) is -0.388. The van der Waals surface area contributed by atoms with Crippen LogP contribution >= 0.6 is 22.7 Å². The van der Waals surface area contributed by atoms with Crippen molar-refractivity contribution in [1.82, 2.24) is 9.38 Å². The molecule has 0 bridgehead atoms. The number of fused-ring (bicyclic) bond motifs is 3. The van der Waals surface area contributed by atoms with E-state index in [-0.39, 0.29) is 12.4 Å². The van der Waals surface area contributed by atoms with Gasteiger partial charge in [0, 0.05) is 17.1 Å². The summed E-state index contributed by atoms with van der Waals surface area (Å²) in [6.07, 6.45) is 1.88. The van der Waals surface area contributed by atoms with Crippen LogP contribution in [0.15, 0.2) is 41.9 Å². The van der Waals surface area contributed by atoms with E-state index < -0.39 is 11.8 Å². The maximum atomic E-state index is 12.8. The lowest BCUT2D eigenvalue weighted by molar-refractivity contribution is 0.0479. The molecule has 0 saturated carbocycles. The minimum absolute atomic E-state index is 0.298. The zero-order chi connectivity index (χ0) is 16.7. The topological polar surface area (TPSA) is 60.7 Å². The summed E-state index contributed by atoms with van der Waals surface area (Å²) in [6, 6.07) is 6.81. The minimum atomic E-state index is -0.572. The second-order valence-electron chi connectivity index (χ2n) is 4.97. The molecule has 24 heavy (non-hydrogen) atoms. The highest BCUT2D eigenvalue weighted by Crippen LogP contribution is 2.28. The van der Waals surface area contributed by atoms with Crippen molar-refractivity contribution in [3.8, 4) is 0 Å². The third-order valence-electron chi connectivity index (χ3n) is 3.44. The van der Waals surface area contributed by atoms with Crippen molar-refractivity contribution in [2.24, 2.45) is 0 Å². The Morgan fingerprint density at radius 1 is 1.25 bits per heavy atom. The first-order valence-corrected chi connectivity index (χ1v) is 8.62. The molecule has 0 spiro atoms. The van der Waals surface area contributed by atoms with Gasteiger partial charge in [-0.1, -0.05) is 0 Å². The van der Waals surface area contributed by atoms with E-state index in [1.165, 1.54) is 46.9 Å². The van der Waals surface area contributed by atoms with Gasteiger partial charge < -0.3 is 4.74 Å². The quantitative estimate of drug-likeness (QED) is 0.410. The van der Waals surface area contributed by atoms with Gasteiger partial charge in [-0.2, -0.15) is 0 Å². The van der Waals surface area contributed by atoms with Gasteiger partial charge in [-0.15, -0.1) is 22.7 Å². The molecule has 5 nitrogen and oxygen atoms in total. The lowest BCUT2D eigenvalue weighted by atomic mass is 10.1. The molecular weight excluding hydrogens is 351 g/mol. The summed E-state index contributed by atoms with van der Waals surface area (Å²) in [5.41, 5.74) is 1.14. The summed E-state index contributed by atoms with van der Waals surface area (Å²) >= 11 is 2.74. The molecule has 0 aliphatic heterocycles. The molecule has 4 aromatic rings. The van der Waals surface area contributed by atoms with Crippen LogP contribution in [0.1, 0.15) is 20.0 Å². The van der Waals surface area contributed by atoms with Crippen molar-refractivity contribution in [1.29, 1.82) is 0 Å². The Morgan fingerprint density at radius 2 is 2.04 bits per heavy atom. The Labute approximate surface area is 142 Å². The number of esters is 1. The highest BCUT2D eigenvalue weighted by molar-refractivity contribution is 7.21. The number of nitrogens with zero attached hydrogens (tertiary/aromatic N) is 2. The van der Waals surface area contributed by atoms with Gasteiger partial charge in [0.15, 0.2) is 17.4 Å². The zero-order valence-electron chi connectivity index (χ0n) is 12.1. The number of carbonyl (C=O) groups is 2. The number of hydrogen-bond donors (Lipinski definition) is 0. The average molecular weight is 360 g/mol. The third-order valence-corrected chi connectivity index (χ3v) is 5.20. The van der Waals surface area contributed by atoms with Crippen molar-refractivity contribution in [2.45, 2.75) is 0 Å². The highest BCUT2D eigenvalue weighted by atomic mass is 32.1. The van der Waals surface area contributed by atoms with E-state index in [1.54, 1.807) is 6.07 Å². The van der Waals surface area contributed by atoms with Crippen LogP contribution in [0.4, 0.5) is 4.39 Å². The Kier molecular flexibility index (Phi) is 3.62. The van der Waals surface area contributed by atoms with Gasteiger partial charge in [0.25, 0.3) is 0 Å². The number of thiazole rings is 1. The van der Waals surface area contributed by atoms with Crippen LogP contribution in [-0.4, -0.2) is 27.7 Å². The van der Waals surface area contributed by atoms with Crippen LogP contribution in [0.2, 0.25) is 0 Å². The molecule has 4 rings (SSSR count). The van der Waals surface area contributed by atoms with Crippen molar-refractivity contribution in [3.05, 3.63) is 58.2 Å². The molecule has 8 heteroatoms. The predicted octanol–water partition coefficient (Wildman–Crippen LogP) is 3.79. The Balaban J connectivity index is 1.48.